The van der Waals surface area contributed by atoms with Crippen molar-refractivity contribution in [3.05, 3.63) is 0 Å². The van der Waals surface area contributed by atoms with Crippen molar-refractivity contribution in [3.8, 4) is 0 Å². The molecule has 2 aliphatic heterocycles. The lowest BCUT2D eigenvalue weighted by molar-refractivity contribution is -0.159. The predicted molar refractivity (Wildman–Crippen MR) is 46.3 cm³/mol. The maximum atomic E-state index is 11.4. The summed E-state index contributed by atoms with van der Waals surface area (Å²) < 4.78 is 10.5. The van der Waals surface area contributed by atoms with Crippen LogP contribution in [0.15, 0.2) is 0 Å². The molecule has 0 aliphatic carbocycles. The van der Waals surface area contributed by atoms with Crippen LogP contribution in [-0.2, 0) is 14.3 Å². The molecule has 74 valence electrons. The van der Waals surface area contributed by atoms with Crippen LogP contribution < -0.4 is 5.32 Å². The molecule has 1 N–H and O–H groups in total. The predicted octanol–water partition coefficient (Wildman–Crippen LogP) is -0.0720. The number of hydrogen-bond donors (Lipinski definition) is 1. The first kappa shape index (κ1) is 8.97. The van der Waals surface area contributed by atoms with Gasteiger partial charge in [-0.05, 0) is 0 Å². The highest BCUT2D eigenvalue weighted by atomic mass is 16.6. The summed E-state index contributed by atoms with van der Waals surface area (Å²) in [6, 6.07) is 0. The standard InChI is InChI=1S/C9H15NO3/c11-9(7-5-10-6-7)13-8-1-3-12-4-2-8/h7-8,10H,1-6H2. The van der Waals surface area contributed by atoms with Crippen molar-refractivity contribution in [2.24, 2.45) is 5.92 Å². The van der Waals surface area contributed by atoms with E-state index < -0.39 is 0 Å². The summed E-state index contributed by atoms with van der Waals surface area (Å²) in [4.78, 5) is 11.4. The van der Waals surface area contributed by atoms with Crippen LogP contribution in [0.3, 0.4) is 0 Å². The second-order valence-corrected chi connectivity index (χ2v) is 3.60. The van der Waals surface area contributed by atoms with E-state index in [-0.39, 0.29) is 18.0 Å². The average molecular weight is 185 g/mol. The lowest BCUT2D eigenvalue weighted by Gasteiger charge is -2.29. The fraction of sp³-hybridized carbons (Fsp3) is 0.889. The second kappa shape index (κ2) is 4.07. The van der Waals surface area contributed by atoms with Gasteiger partial charge in [0.1, 0.15) is 6.10 Å². The van der Waals surface area contributed by atoms with Crippen LogP contribution in [0.4, 0.5) is 0 Å². The molecule has 13 heavy (non-hydrogen) atoms. The maximum Gasteiger partial charge on any atom is 0.311 e. The Morgan fingerprint density at radius 2 is 2.00 bits per heavy atom. The van der Waals surface area contributed by atoms with Crippen molar-refractivity contribution in [1.29, 1.82) is 0 Å². The van der Waals surface area contributed by atoms with Crippen LogP contribution in [0.2, 0.25) is 0 Å². The SMILES string of the molecule is O=C(OC1CCOCC1)C1CNC1. The first-order valence-corrected chi connectivity index (χ1v) is 4.85. The molecule has 2 rings (SSSR count). The summed E-state index contributed by atoms with van der Waals surface area (Å²) in [5.74, 6) is 0.0634. The van der Waals surface area contributed by atoms with E-state index in [1.165, 1.54) is 0 Å². The largest absolute Gasteiger partial charge is 0.462 e. The van der Waals surface area contributed by atoms with Crippen LogP contribution in [0.1, 0.15) is 12.8 Å². The van der Waals surface area contributed by atoms with Crippen molar-refractivity contribution in [2.45, 2.75) is 18.9 Å². The number of carbonyl (C=O) groups is 1. The number of nitrogens with one attached hydrogen (secondary N) is 1. The van der Waals surface area contributed by atoms with Crippen LogP contribution in [0.5, 0.6) is 0 Å². The van der Waals surface area contributed by atoms with E-state index in [2.05, 4.69) is 5.32 Å². The second-order valence-electron chi connectivity index (χ2n) is 3.60. The van der Waals surface area contributed by atoms with Gasteiger partial charge in [-0.1, -0.05) is 0 Å². The highest BCUT2D eigenvalue weighted by molar-refractivity contribution is 5.74. The van der Waals surface area contributed by atoms with E-state index in [1.807, 2.05) is 0 Å². The van der Waals surface area contributed by atoms with Gasteiger partial charge in [-0.2, -0.15) is 0 Å². The molecule has 2 heterocycles. The number of esters is 1. The zero-order chi connectivity index (χ0) is 9.10. The molecule has 2 fully saturated rings. The zero-order valence-electron chi connectivity index (χ0n) is 7.62. The van der Waals surface area contributed by atoms with Gasteiger partial charge >= 0.3 is 5.97 Å². The van der Waals surface area contributed by atoms with Crippen molar-refractivity contribution < 1.29 is 14.3 Å². The third-order valence-electron chi connectivity index (χ3n) is 2.57. The lowest BCUT2D eigenvalue weighted by atomic mass is 10.0. The zero-order valence-corrected chi connectivity index (χ0v) is 7.62. The number of ether oxygens (including phenoxy) is 2. The molecule has 0 radical (unpaired) electrons. The number of hydrogen-bond acceptors (Lipinski definition) is 4. The molecule has 0 aromatic carbocycles. The van der Waals surface area contributed by atoms with Crippen LogP contribution in [0.25, 0.3) is 0 Å². The molecule has 0 atom stereocenters. The van der Waals surface area contributed by atoms with E-state index in [9.17, 15) is 4.79 Å². The van der Waals surface area contributed by atoms with Crippen molar-refractivity contribution in [3.63, 3.8) is 0 Å². The van der Waals surface area contributed by atoms with E-state index in [4.69, 9.17) is 9.47 Å². The molecule has 4 heteroatoms. The van der Waals surface area contributed by atoms with Crippen molar-refractivity contribution >= 4 is 5.97 Å². The van der Waals surface area contributed by atoms with Crippen molar-refractivity contribution in [1.82, 2.24) is 5.32 Å². The Balaban J connectivity index is 1.72. The minimum atomic E-state index is -0.0364. The van der Waals surface area contributed by atoms with E-state index in [1.54, 1.807) is 0 Å². The number of rotatable bonds is 2. The van der Waals surface area contributed by atoms with Crippen LogP contribution in [-0.4, -0.2) is 38.4 Å². The smallest absolute Gasteiger partial charge is 0.311 e. The normalized spacial score (nSPS) is 25.2. The van der Waals surface area contributed by atoms with Crippen LogP contribution in [0, 0.1) is 5.92 Å². The Morgan fingerprint density at radius 1 is 1.31 bits per heavy atom. The summed E-state index contributed by atoms with van der Waals surface area (Å²) in [7, 11) is 0. The summed E-state index contributed by atoms with van der Waals surface area (Å²) in [6.07, 6.45) is 1.81. The Morgan fingerprint density at radius 3 is 2.54 bits per heavy atom. The fourth-order valence-corrected chi connectivity index (χ4v) is 1.51. The highest BCUT2D eigenvalue weighted by Crippen LogP contribution is 2.14. The van der Waals surface area contributed by atoms with Gasteiger partial charge in [0, 0.05) is 25.9 Å². The quantitative estimate of drug-likeness (QED) is 0.612. The molecular weight excluding hydrogens is 170 g/mol. The Hall–Kier alpha value is -0.610. The first-order valence-electron chi connectivity index (χ1n) is 4.85. The van der Waals surface area contributed by atoms with Gasteiger partial charge in [-0.15, -0.1) is 0 Å². The molecule has 0 bridgehead atoms. The van der Waals surface area contributed by atoms with E-state index in [0.29, 0.717) is 0 Å². The Labute approximate surface area is 77.6 Å². The monoisotopic (exact) mass is 185 g/mol. The molecule has 0 aromatic heterocycles. The maximum absolute atomic E-state index is 11.4. The minimum Gasteiger partial charge on any atom is -0.462 e. The molecule has 4 nitrogen and oxygen atoms in total. The molecule has 0 amide bonds. The highest BCUT2D eigenvalue weighted by Gasteiger charge is 2.29. The topological polar surface area (TPSA) is 47.6 Å². The molecule has 0 saturated carbocycles. The fourth-order valence-electron chi connectivity index (χ4n) is 1.51. The molecular formula is C9H15NO3. The van der Waals surface area contributed by atoms with Gasteiger partial charge in [-0.3, -0.25) is 4.79 Å². The molecule has 0 spiro atoms. The van der Waals surface area contributed by atoms with Gasteiger partial charge in [0.25, 0.3) is 0 Å². The van der Waals surface area contributed by atoms with Gasteiger partial charge in [0.15, 0.2) is 0 Å². The molecule has 2 saturated heterocycles. The summed E-state index contributed by atoms with van der Waals surface area (Å²) in [5, 5.41) is 3.05. The number of carbonyl (C=O) groups excluding carboxylic acids is 1. The molecule has 0 aromatic rings. The minimum absolute atomic E-state index is 0.0364. The summed E-state index contributed by atoms with van der Waals surface area (Å²) >= 11 is 0. The third kappa shape index (κ3) is 2.19. The van der Waals surface area contributed by atoms with E-state index in [0.717, 1.165) is 39.1 Å². The Bertz CT molecular complexity index is 185. The Kier molecular flexibility index (Phi) is 2.80. The van der Waals surface area contributed by atoms with Crippen LogP contribution >= 0.6 is 0 Å². The van der Waals surface area contributed by atoms with Gasteiger partial charge in [0.05, 0.1) is 19.1 Å². The van der Waals surface area contributed by atoms with E-state index >= 15 is 0 Å². The summed E-state index contributed by atoms with van der Waals surface area (Å²) in [6.45, 7) is 3.01. The molecule has 2 aliphatic rings. The van der Waals surface area contributed by atoms with Gasteiger partial charge < -0.3 is 14.8 Å². The third-order valence-corrected chi connectivity index (χ3v) is 2.57. The lowest BCUT2D eigenvalue weighted by Crippen LogP contribution is -2.48. The van der Waals surface area contributed by atoms with Gasteiger partial charge in [0.2, 0.25) is 0 Å². The van der Waals surface area contributed by atoms with Gasteiger partial charge in [-0.25, -0.2) is 0 Å². The summed E-state index contributed by atoms with van der Waals surface area (Å²) in [5.41, 5.74) is 0. The van der Waals surface area contributed by atoms with Crippen molar-refractivity contribution in [2.75, 3.05) is 26.3 Å². The first-order chi connectivity index (χ1) is 6.36. The average Bonchev–Trinajstić information content (AvgIpc) is 2.02. The molecule has 0 unspecified atom stereocenters.